The van der Waals surface area contributed by atoms with Gasteiger partial charge in [0.1, 0.15) is 6.10 Å². The number of benzene rings is 1. The lowest BCUT2D eigenvalue weighted by Crippen LogP contribution is -2.53. The third kappa shape index (κ3) is 3.90. The van der Waals surface area contributed by atoms with Gasteiger partial charge in [0.05, 0.1) is 0 Å². The zero-order chi connectivity index (χ0) is 19.5. The molecule has 0 bridgehead atoms. The highest BCUT2D eigenvalue weighted by Crippen LogP contribution is 2.44. The highest BCUT2D eigenvalue weighted by Gasteiger charge is 2.64. The van der Waals surface area contributed by atoms with Gasteiger partial charge in [0.2, 0.25) is 0 Å². The number of carbonyl (C=O) groups excluding carboxylic acids is 1. The molecule has 1 aliphatic rings. The smallest absolute Gasteiger partial charge is 0.432 e. The molecule has 2 rings (SSSR count). The van der Waals surface area contributed by atoms with Gasteiger partial charge in [-0.15, -0.1) is 0 Å². The van der Waals surface area contributed by atoms with Crippen LogP contribution in [0.3, 0.4) is 0 Å². The Morgan fingerprint density at radius 3 is 2.27 bits per heavy atom. The van der Waals surface area contributed by atoms with Crippen molar-refractivity contribution in [2.45, 2.75) is 57.9 Å². The van der Waals surface area contributed by atoms with Crippen LogP contribution in [0.5, 0.6) is 0 Å². The van der Waals surface area contributed by atoms with Gasteiger partial charge in [-0.25, -0.2) is 4.79 Å². The second-order valence-electron chi connectivity index (χ2n) is 7.52. The van der Waals surface area contributed by atoms with Gasteiger partial charge in [0.15, 0.2) is 0 Å². The molecule has 1 aromatic carbocycles. The van der Waals surface area contributed by atoms with Crippen molar-refractivity contribution in [1.29, 1.82) is 0 Å². The molecule has 146 valence electrons. The number of hydrogen-bond donors (Lipinski definition) is 0. The van der Waals surface area contributed by atoms with E-state index in [2.05, 4.69) is 0 Å². The molecule has 26 heavy (non-hydrogen) atoms. The molecule has 1 saturated carbocycles. The number of carbonyl (C=O) groups is 1. The van der Waals surface area contributed by atoms with Gasteiger partial charge in [0, 0.05) is 12.7 Å². The fraction of sp³-hybridized carbons (Fsp3) is 0.650. The summed E-state index contributed by atoms with van der Waals surface area (Å²) in [5.41, 5.74) is -3.39. The van der Waals surface area contributed by atoms with Crippen LogP contribution in [-0.2, 0) is 19.9 Å². The Bertz CT molecular complexity index is 600. The van der Waals surface area contributed by atoms with Crippen LogP contribution in [-0.4, -0.2) is 25.4 Å². The molecule has 0 amide bonds. The van der Waals surface area contributed by atoms with E-state index < -0.39 is 23.9 Å². The summed E-state index contributed by atoms with van der Waals surface area (Å²) in [5, 5.41) is 0. The highest BCUT2D eigenvalue weighted by atomic mass is 19.4. The molecule has 6 heteroatoms. The largest absolute Gasteiger partial charge is 0.459 e. The van der Waals surface area contributed by atoms with Gasteiger partial charge in [-0.3, -0.25) is 0 Å². The average molecular weight is 372 g/mol. The van der Waals surface area contributed by atoms with E-state index in [0.717, 1.165) is 20.0 Å². The summed E-state index contributed by atoms with van der Waals surface area (Å²) in [4.78, 5) is 12.8. The normalized spacial score (nSPS) is 26.4. The van der Waals surface area contributed by atoms with Crippen LogP contribution < -0.4 is 0 Å². The molecule has 3 nitrogen and oxygen atoms in total. The summed E-state index contributed by atoms with van der Waals surface area (Å²) < 4.78 is 52.2. The van der Waals surface area contributed by atoms with Crippen LogP contribution in [0.4, 0.5) is 13.2 Å². The Balaban J connectivity index is 2.38. The van der Waals surface area contributed by atoms with E-state index >= 15 is 0 Å². The number of alkyl halides is 3. The lowest BCUT2D eigenvalue weighted by atomic mass is 9.75. The van der Waals surface area contributed by atoms with Gasteiger partial charge in [0.25, 0.3) is 5.60 Å². The summed E-state index contributed by atoms with van der Waals surface area (Å²) in [6, 6.07) is 6.95. The molecular weight excluding hydrogens is 345 g/mol. The van der Waals surface area contributed by atoms with Crippen molar-refractivity contribution in [3.8, 4) is 0 Å². The number of ether oxygens (including phenoxy) is 2. The average Bonchev–Trinajstić information content (AvgIpc) is 2.55. The van der Waals surface area contributed by atoms with Gasteiger partial charge in [-0.1, -0.05) is 57.5 Å². The molecular formula is C20H27F3O3. The summed E-state index contributed by atoms with van der Waals surface area (Å²) in [5.74, 6) is -0.806. The van der Waals surface area contributed by atoms with Crippen LogP contribution in [0.2, 0.25) is 0 Å². The topological polar surface area (TPSA) is 35.5 Å². The van der Waals surface area contributed by atoms with E-state index in [-0.39, 0.29) is 17.4 Å². The number of esters is 1. The molecule has 0 unspecified atom stereocenters. The number of hydrogen-bond acceptors (Lipinski definition) is 3. The molecule has 4 atom stereocenters. The van der Waals surface area contributed by atoms with Gasteiger partial charge < -0.3 is 9.47 Å². The maximum Gasteiger partial charge on any atom is 0.432 e. The molecule has 0 N–H and O–H groups in total. The standard InChI is InChI=1S/C20H27F3O3/c1-13(2)16-11-10-14(3)12-17(16)26-18(24)19(25-4,20(21,22)23)15-8-6-5-7-9-15/h5-9,13-14,16-17H,10-12H2,1-4H3/t14-,16-,17+,19-/m1/s1. The zero-order valence-electron chi connectivity index (χ0n) is 15.7. The molecule has 0 saturated heterocycles. The van der Waals surface area contributed by atoms with E-state index in [1.165, 1.54) is 24.3 Å². The monoisotopic (exact) mass is 372 g/mol. The van der Waals surface area contributed by atoms with Crippen molar-refractivity contribution in [2.24, 2.45) is 17.8 Å². The SMILES string of the molecule is CO[C@@](C(=O)O[C@H]1C[C@H](C)CC[C@@H]1C(C)C)(c1ccccc1)C(F)(F)F. The molecule has 1 fully saturated rings. The van der Waals surface area contributed by atoms with Crippen LogP contribution >= 0.6 is 0 Å². The van der Waals surface area contributed by atoms with Crippen molar-refractivity contribution in [3.63, 3.8) is 0 Å². The first kappa shape index (κ1) is 20.7. The summed E-state index contributed by atoms with van der Waals surface area (Å²) >= 11 is 0. The van der Waals surface area contributed by atoms with Gasteiger partial charge in [-0.2, -0.15) is 13.2 Å². The Morgan fingerprint density at radius 1 is 1.15 bits per heavy atom. The van der Waals surface area contributed by atoms with Crippen LogP contribution in [0.1, 0.15) is 45.6 Å². The van der Waals surface area contributed by atoms with E-state index in [4.69, 9.17) is 9.47 Å². The van der Waals surface area contributed by atoms with Crippen LogP contribution in [0, 0.1) is 17.8 Å². The lowest BCUT2D eigenvalue weighted by molar-refractivity contribution is -0.279. The number of rotatable bonds is 5. The Morgan fingerprint density at radius 2 is 1.77 bits per heavy atom. The van der Waals surface area contributed by atoms with Crippen LogP contribution in [0.25, 0.3) is 0 Å². The Labute approximate surface area is 152 Å². The molecule has 0 spiro atoms. The Kier molecular flexibility index (Phi) is 6.37. The van der Waals surface area contributed by atoms with Gasteiger partial charge >= 0.3 is 12.1 Å². The van der Waals surface area contributed by atoms with Crippen molar-refractivity contribution in [2.75, 3.05) is 7.11 Å². The second kappa shape index (κ2) is 7.99. The minimum atomic E-state index is -4.94. The predicted octanol–water partition coefficient (Wildman–Crippen LogP) is 5.09. The first-order chi connectivity index (χ1) is 12.1. The first-order valence-electron chi connectivity index (χ1n) is 9.02. The molecule has 0 radical (unpaired) electrons. The van der Waals surface area contributed by atoms with E-state index in [0.29, 0.717) is 12.3 Å². The quantitative estimate of drug-likeness (QED) is 0.675. The minimum absolute atomic E-state index is 0.0497. The fourth-order valence-corrected chi connectivity index (χ4v) is 3.86. The third-order valence-corrected chi connectivity index (χ3v) is 5.39. The minimum Gasteiger partial charge on any atom is -0.459 e. The van der Waals surface area contributed by atoms with Crippen molar-refractivity contribution < 1.29 is 27.4 Å². The van der Waals surface area contributed by atoms with Crippen LogP contribution in [0.15, 0.2) is 30.3 Å². The van der Waals surface area contributed by atoms with E-state index in [1.807, 2.05) is 20.8 Å². The maximum absolute atomic E-state index is 14.0. The summed E-state index contributed by atoms with van der Waals surface area (Å²) in [6.45, 7) is 6.04. The van der Waals surface area contributed by atoms with Gasteiger partial charge in [-0.05, 0) is 30.6 Å². The zero-order valence-corrected chi connectivity index (χ0v) is 15.7. The Hall–Kier alpha value is -1.56. The fourth-order valence-electron chi connectivity index (χ4n) is 3.86. The predicted molar refractivity (Wildman–Crippen MR) is 92.4 cm³/mol. The molecule has 0 aliphatic heterocycles. The summed E-state index contributed by atoms with van der Waals surface area (Å²) in [6.07, 6.45) is -3.07. The van der Waals surface area contributed by atoms with E-state index in [1.54, 1.807) is 6.07 Å². The number of methoxy groups -OCH3 is 1. The summed E-state index contributed by atoms with van der Waals surface area (Å²) in [7, 11) is 0.894. The highest BCUT2D eigenvalue weighted by molar-refractivity contribution is 5.82. The third-order valence-electron chi connectivity index (χ3n) is 5.39. The molecule has 0 aromatic heterocycles. The number of halogens is 3. The van der Waals surface area contributed by atoms with Crippen molar-refractivity contribution in [3.05, 3.63) is 35.9 Å². The van der Waals surface area contributed by atoms with Crippen molar-refractivity contribution in [1.82, 2.24) is 0 Å². The first-order valence-corrected chi connectivity index (χ1v) is 9.02. The molecule has 1 aliphatic carbocycles. The maximum atomic E-state index is 14.0. The molecule has 1 aromatic rings. The van der Waals surface area contributed by atoms with Crippen molar-refractivity contribution >= 4 is 5.97 Å². The van der Waals surface area contributed by atoms with E-state index in [9.17, 15) is 18.0 Å². The lowest BCUT2D eigenvalue weighted by Gasteiger charge is -2.39. The molecule has 0 heterocycles. The second-order valence-corrected chi connectivity index (χ2v) is 7.52.